The van der Waals surface area contributed by atoms with Crippen molar-refractivity contribution < 1.29 is 0 Å². The first kappa shape index (κ1) is 17.7. The molecular weight excluding hydrogens is 352 g/mol. The number of nitrogens with one attached hydrogen (secondary N) is 1. The van der Waals surface area contributed by atoms with Gasteiger partial charge >= 0.3 is 0 Å². The first-order chi connectivity index (χ1) is 14.0. The van der Waals surface area contributed by atoms with Crippen LogP contribution in [-0.2, 0) is 5.41 Å². The van der Waals surface area contributed by atoms with Gasteiger partial charge in [-0.3, -0.25) is 0 Å². The van der Waals surface area contributed by atoms with Crippen LogP contribution in [-0.4, -0.2) is 9.97 Å². The van der Waals surface area contributed by atoms with Crippen molar-refractivity contribution in [1.82, 2.24) is 9.97 Å². The number of nitrogens with zero attached hydrogens (tertiary/aromatic N) is 1. The number of hydrogen-bond acceptors (Lipinski definition) is 1. The summed E-state index contributed by atoms with van der Waals surface area (Å²) in [6.07, 6.45) is 0. The summed E-state index contributed by atoms with van der Waals surface area (Å²) in [4.78, 5) is 8.49. The van der Waals surface area contributed by atoms with Crippen LogP contribution in [0.5, 0.6) is 0 Å². The molecule has 0 spiro atoms. The van der Waals surface area contributed by atoms with Crippen molar-refractivity contribution in [3.63, 3.8) is 0 Å². The van der Waals surface area contributed by atoms with E-state index in [0.29, 0.717) is 0 Å². The summed E-state index contributed by atoms with van der Waals surface area (Å²) in [6, 6.07) is 30.0. The fourth-order valence-corrected chi connectivity index (χ4v) is 3.98. The van der Waals surface area contributed by atoms with E-state index in [1.807, 2.05) is 6.07 Å². The number of fused-ring (bicyclic) bond motifs is 3. The number of benzene rings is 3. The lowest BCUT2D eigenvalue weighted by atomic mass is 9.86. The number of rotatable bonds is 2. The zero-order chi connectivity index (χ0) is 20.0. The van der Waals surface area contributed by atoms with E-state index in [9.17, 15) is 0 Å². The first-order valence-corrected chi connectivity index (χ1v) is 10.1. The Labute approximate surface area is 171 Å². The van der Waals surface area contributed by atoms with Crippen LogP contribution >= 0.6 is 0 Å². The van der Waals surface area contributed by atoms with E-state index in [0.717, 1.165) is 22.4 Å². The molecule has 142 valence electrons. The van der Waals surface area contributed by atoms with Gasteiger partial charge in [0.2, 0.25) is 0 Å². The van der Waals surface area contributed by atoms with Crippen molar-refractivity contribution >= 4 is 21.9 Å². The van der Waals surface area contributed by atoms with Crippen LogP contribution in [0.15, 0.2) is 84.9 Å². The Morgan fingerprint density at radius 1 is 0.724 bits per heavy atom. The summed E-state index contributed by atoms with van der Waals surface area (Å²) in [5.74, 6) is 0. The van der Waals surface area contributed by atoms with Crippen LogP contribution in [0.1, 0.15) is 26.3 Å². The lowest BCUT2D eigenvalue weighted by Gasteiger charge is -2.19. The Morgan fingerprint density at radius 2 is 1.41 bits per heavy atom. The topological polar surface area (TPSA) is 28.7 Å². The van der Waals surface area contributed by atoms with Crippen LogP contribution in [0.2, 0.25) is 0 Å². The van der Waals surface area contributed by atoms with Gasteiger partial charge in [0.25, 0.3) is 0 Å². The second kappa shape index (κ2) is 6.59. The molecule has 0 unspecified atom stereocenters. The zero-order valence-corrected chi connectivity index (χ0v) is 17.0. The van der Waals surface area contributed by atoms with Crippen molar-refractivity contribution in [2.24, 2.45) is 0 Å². The van der Waals surface area contributed by atoms with E-state index in [4.69, 9.17) is 4.98 Å². The predicted octanol–water partition coefficient (Wildman–Crippen LogP) is 7.35. The maximum atomic E-state index is 4.97. The van der Waals surface area contributed by atoms with Gasteiger partial charge in [-0.05, 0) is 34.2 Å². The lowest BCUT2D eigenvalue weighted by molar-refractivity contribution is 0.590. The molecule has 2 nitrogen and oxygen atoms in total. The molecule has 2 heterocycles. The number of aromatic amines is 1. The highest BCUT2D eigenvalue weighted by atomic mass is 14.9. The predicted molar refractivity (Wildman–Crippen MR) is 123 cm³/mol. The minimum absolute atomic E-state index is 0.141. The molecule has 0 aliphatic rings. The second-order valence-corrected chi connectivity index (χ2v) is 8.64. The molecule has 0 aliphatic heterocycles. The third-order valence-electron chi connectivity index (χ3n) is 5.60. The minimum atomic E-state index is 0.141. The van der Waals surface area contributed by atoms with Crippen LogP contribution in [0.25, 0.3) is 44.3 Å². The Hall–Kier alpha value is -3.39. The Balaban J connectivity index is 1.80. The molecule has 3 aromatic carbocycles. The SMILES string of the molecule is CC(C)(C)c1ccc(-c2cc(-c3ccccc3)nc3[nH]c4ccccc4c23)cc1. The summed E-state index contributed by atoms with van der Waals surface area (Å²) in [7, 11) is 0. The largest absolute Gasteiger partial charge is 0.339 e. The lowest BCUT2D eigenvalue weighted by Crippen LogP contribution is -2.10. The van der Waals surface area contributed by atoms with Gasteiger partial charge in [-0.15, -0.1) is 0 Å². The van der Waals surface area contributed by atoms with Crippen molar-refractivity contribution in [1.29, 1.82) is 0 Å². The van der Waals surface area contributed by atoms with Gasteiger partial charge in [0.1, 0.15) is 5.65 Å². The van der Waals surface area contributed by atoms with Gasteiger partial charge in [-0.25, -0.2) is 4.98 Å². The number of hydrogen-bond donors (Lipinski definition) is 1. The third kappa shape index (κ3) is 3.11. The molecule has 0 aliphatic carbocycles. The van der Waals surface area contributed by atoms with E-state index in [-0.39, 0.29) is 5.41 Å². The summed E-state index contributed by atoms with van der Waals surface area (Å²) >= 11 is 0. The van der Waals surface area contributed by atoms with E-state index in [1.54, 1.807) is 0 Å². The maximum Gasteiger partial charge on any atom is 0.139 e. The standard InChI is InChI=1S/C27H24N2/c1-27(2,3)20-15-13-18(14-16-20)22-17-24(19-9-5-4-6-10-19)29-26-25(22)21-11-7-8-12-23(21)28-26/h4-17H,1-3H3,(H,28,29). The van der Waals surface area contributed by atoms with Crippen LogP contribution in [0.3, 0.4) is 0 Å². The molecule has 5 rings (SSSR count). The summed E-state index contributed by atoms with van der Waals surface area (Å²) in [5, 5.41) is 2.40. The normalized spacial score (nSPS) is 12.0. The molecule has 0 saturated carbocycles. The molecule has 0 atom stereocenters. The quantitative estimate of drug-likeness (QED) is 0.343. The molecule has 2 aromatic heterocycles. The number of pyridine rings is 1. The highest BCUT2D eigenvalue weighted by molar-refractivity contribution is 6.13. The van der Waals surface area contributed by atoms with Crippen LogP contribution in [0, 0.1) is 0 Å². The Morgan fingerprint density at radius 3 is 2.14 bits per heavy atom. The monoisotopic (exact) mass is 376 g/mol. The van der Waals surface area contributed by atoms with Gasteiger partial charge in [0.15, 0.2) is 0 Å². The Kier molecular flexibility index (Phi) is 4.02. The maximum absolute atomic E-state index is 4.97. The highest BCUT2D eigenvalue weighted by Gasteiger charge is 2.16. The van der Waals surface area contributed by atoms with Crippen molar-refractivity contribution in [3.05, 3.63) is 90.5 Å². The van der Waals surface area contributed by atoms with Crippen molar-refractivity contribution in [3.8, 4) is 22.4 Å². The van der Waals surface area contributed by atoms with E-state index < -0.39 is 0 Å². The molecule has 0 radical (unpaired) electrons. The fraction of sp³-hybridized carbons (Fsp3) is 0.148. The molecule has 0 bridgehead atoms. The van der Waals surface area contributed by atoms with Crippen LogP contribution in [0.4, 0.5) is 0 Å². The number of H-pyrrole nitrogens is 1. The molecule has 0 fully saturated rings. The Bertz CT molecular complexity index is 1300. The molecule has 0 saturated heterocycles. The first-order valence-electron chi connectivity index (χ1n) is 10.1. The van der Waals surface area contributed by atoms with Gasteiger partial charge in [0, 0.05) is 21.9 Å². The van der Waals surface area contributed by atoms with E-state index in [1.165, 1.54) is 27.5 Å². The van der Waals surface area contributed by atoms with E-state index in [2.05, 4.69) is 105 Å². The summed E-state index contributed by atoms with van der Waals surface area (Å²) in [6.45, 7) is 6.75. The third-order valence-corrected chi connectivity index (χ3v) is 5.60. The zero-order valence-electron chi connectivity index (χ0n) is 17.0. The molecule has 1 N–H and O–H groups in total. The van der Waals surface area contributed by atoms with Gasteiger partial charge in [0.05, 0.1) is 5.69 Å². The molecule has 29 heavy (non-hydrogen) atoms. The fourth-order valence-electron chi connectivity index (χ4n) is 3.98. The molecule has 2 heteroatoms. The highest BCUT2D eigenvalue weighted by Crippen LogP contribution is 2.37. The molecule has 0 amide bonds. The number of aromatic nitrogens is 2. The van der Waals surface area contributed by atoms with Gasteiger partial charge in [-0.2, -0.15) is 0 Å². The molecular formula is C27H24N2. The number of para-hydroxylation sites is 1. The van der Waals surface area contributed by atoms with E-state index >= 15 is 0 Å². The van der Waals surface area contributed by atoms with Gasteiger partial charge < -0.3 is 4.98 Å². The van der Waals surface area contributed by atoms with Crippen molar-refractivity contribution in [2.45, 2.75) is 26.2 Å². The smallest absolute Gasteiger partial charge is 0.139 e. The second-order valence-electron chi connectivity index (χ2n) is 8.64. The average molecular weight is 377 g/mol. The van der Waals surface area contributed by atoms with Crippen LogP contribution < -0.4 is 0 Å². The molecule has 5 aromatic rings. The average Bonchev–Trinajstić information content (AvgIpc) is 3.12. The van der Waals surface area contributed by atoms with Gasteiger partial charge in [-0.1, -0.05) is 93.6 Å². The minimum Gasteiger partial charge on any atom is -0.339 e. The summed E-state index contributed by atoms with van der Waals surface area (Å²) < 4.78 is 0. The van der Waals surface area contributed by atoms with Crippen molar-refractivity contribution in [2.75, 3.05) is 0 Å². The summed E-state index contributed by atoms with van der Waals surface area (Å²) in [5.41, 5.74) is 8.07.